The summed E-state index contributed by atoms with van der Waals surface area (Å²) < 4.78 is 5.21. The van der Waals surface area contributed by atoms with E-state index in [1.807, 2.05) is 13.8 Å². The maximum atomic E-state index is 12.2. The molecule has 1 aromatic heterocycles. The van der Waals surface area contributed by atoms with Crippen LogP contribution in [0.3, 0.4) is 0 Å². The van der Waals surface area contributed by atoms with Crippen molar-refractivity contribution < 1.29 is 14.4 Å². The Bertz CT molecular complexity index is 413. The number of aryl methyl sites for hydroxylation is 1. The van der Waals surface area contributed by atoms with Gasteiger partial charge in [0.1, 0.15) is 5.56 Å². The van der Waals surface area contributed by atoms with Crippen molar-refractivity contribution in [3.63, 3.8) is 0 Å². The lowest BCUT2D eigenvalue weighted by molar-refractivity contribution is 0.0940. The van der Waals surface area contributed by atoms with E-state index in [1.54, 1.807) is 6.92 Å². The van der Waals surface area contributed by atoms with Gasteiger partial charge in [0, 0.05) is 19.1 Å². The number of hydrogen-bond acceptors (Lipinski definition) is 4. The van der Waals surface area contributed by atoms with Crippen LogP contribution in [0.4, 0.5) is 0 Å². The number of aliphatic hydroxyl groups excluding tert-OH is 1. The van der Waals surface area contributed by atoms with Crippen LogP contribution in [-0.4, -0.2) is 29.3 Å². The van der Waals surface area contributed by atoms with Crippen molar-refractivity contribution >= 4 is 5.91 Å². The molecular formula is C14H24N2O3. The van der Waals surface area contributed by atoms with E-state index in [1.165, 1.54) is 0 Å². The van der Waals surface area contributed by atoms with Crippen molar-refractivity contribution in [2.45, 2.75) is 46.5 Å². The highest BCUT2D eigenvalue weighted by Crippen LogP contribution is 2.22. The van der Waals surface area contributed by atoms with Crippen LogP contribution in [-0.2, 0) is 0 Å². The highest BCUT2D eigenvalue weighted by molar-refractivity contribution is 5.96. The zero-order valence-corrected chi connectivity index (χ0v) is 12.2. The third-order valence-corrected chi connectivity index (χ3v) is 3.31. The minimum Gasteiger partial charge on any atom is -0.396 e. The number of aromatic nitrogens is 1. The summed E-state index contributed by atoms with van der Waals surface area (Å²) in [7, 11) is 0. The van der Waals surface area contributed by atoms with Crippen molar-refractivity contribution in [2.75, 3.05) is 13.2 Å². The average Bonchev–Trinajstić information content (AvgIpc) is 2.76. The summed E-state index contributed by atoms with van der Waals surface area (Å²) in [5.74, 6) is 0.919. The lowest BCUT2D eigenvalue weighted by Crippen LogP contribution is -2.30. The summed E-state index contributed by atoms with van der Waals surface area (Å²) in [6.45, 7) is 8.48. The van der Waals surface area contributed by atoms with Crippen molar-refractivity contribution in [3.8, 4) is 0 Å². The molecule has 1 atom stereocenters. The van der Waals surface area contributed by atoms with Crippen molar-refractivity contribution in [1.29, 1.82) is 0 Å². The van der Waals surface area contributed by atoms with Gasteiger partial charge < -0.3 is 14.9 Å². The molecule has 5 nitrogen and oxygen atoms in total. The fourth-order valence-electron chi connectivity index (χ4n) is 2.02. The average molecular weight is 268 g/mol. The Balaban J connectivity index is 2.70. The molecule has 1 amide bonds. The van der Waals surface area contributed by atoms with E-state index < -0.39 is 0 Å². The summed E-state index contributed by atoms with van der Waals surface area (Å²) in [6.07, 6.45) is 1.64. The molecule has 0 aliphatic rings. The number of nitrogens with one attached hydrogen (secondary N) is 1. The van der Waals surface area contributed by atoms with Crippen molar-refractivity contribution in [1.82, 2.24) is 10.5 Å². The molecule has 0 aliphatic heterocycles. The largest absolute Gasteiger partial charge is 0.396 e. The predicted octanol–water partition coefficient (Wildman–Crippen LogP) is 2.24. The minimum atomic E-state index is -0.140. The number of amides is 1. The van der Waals surface area contributed by atoms with Gasteiger partial charge in [-0.15, -0.1) is 0 Å². The maximum Gasteiger partial charge on any atom is 0.256 e. The van der Waals surface area contributed by atoms with E-state index >= 15 is 0 Å². The first kappa shape index (κ1) is 15.7. The van der Waals surface area contributed by atoms with Crippen LogP contribution in [0.5, 0.6) is 0 Å². The molecule has 0 bridgehead atoms. The minimum absolute atomic E-state index is 0.126. The topological polar surface area (TPSA) is 75.4 Å². The lowest BCUT2D eigenvalue weighted by atomic mass is 10.0. The second kappa shape index (κ2) is 7.28. The van der Waals surface area contributed by atoms with E-state index in [2.05, 4.69) is 17.4 Å². The van der Waals surface area contributed by atoms with E-state index in [4.69, 9.17) is 9.63 Å². The Kier molecular flexibility index (Phi) is 6.02. The molecule has 0 aromatic carbocycles. The molecule has 0 saturated heterocycles. The predicted molar refractivity (Wildman–Crippen MR) is 73.1 cm³/mol. The zero-order chi connectivity index (χ0) is 14.4. The first-order chi connectivity index (χ1) is 9.01. The summed E-state index contributed by atoms with van der Waals surface area (Å²) in [4.78, 5) is 12.2. The Morgan fingerprint density at radius 3 is 2.68 bits per heavy atom. The van der Waals surface area contributed by atoms with Crippen LogP contribution in [0.1, 0.15) is 61.3 Å². The van der Waals surface area contributed by atoms with Gasteiger partial charge in [0.25, 0.3) is 5.91 Å². The molecule has 5 heteroatoms. The Morgan fingerprint density at radius 1 is 1.47 bits per heavy atom. The molecule has 0 spiro atoms. The standard InChI is InChI=1S/C14H24N2O3/c1-5-11(6-7-17)8-15-14(18)12-10(4)16-19-13(12)9(2)3/h9,11,17H,5-8H2,1-4H3,(H,15,18). The number of carbonyl (C=O) groups excluding carboxylic acids is 1. The van der Waals surface area contributed by atoms with Crippen LogP contribution in [0, 0.1) is 12.8 Å². The molecule has 1 aromatic rings. The quantitative estimate of drug-likeness (QED) is 0.795. The molecule has 0 aliphatic carbocycles. The van der Waals surface area contributed by atoms with E-state index in [9.17, 15) is 4.79 Å². The highest BCUT2D eigenvalue weighted by atomic mass is 16.5. The maximum absolute atomic E-state index is 12.2. The summed E-state index contributed by atoms with van der Waals surface area (Å²) in [5, 5.41) is 15.7. The Morgan fingerprint density at radius 2 is 2.16 bits per heavy atom. The van der Waals surface area contributed by atoms with Crippen LogP contribution in [0.15, 0.2) is 4.52 Å². The second-order valence-corrected chi connectivity index (χ2v) is 5.16. The van der Waals surface area contributed by atoms with Crippen molar-refractivity contribution in [2.24, 2.45) is 5.92 Å². The van der Waals surface area contributed by atoms with E-state index in [-0.39, 0.29) is 18.4 Å². The number of rotatable bonds is 7. The first-order valence-corrected chi connectivity index (χ1v) is 6.86. The monoisotopic (exact) mass is 268 g/mol. The van der Waals surface area contributed by atoms with Crippen LogP contribution >= 0.6 is 0 Å². The molecule has 0 saturated carbocycles. The Hall–Kier alpha value is -1.36. The molecule has 19 heavy (non-hydrogen) atoms. The number of carbonyl (C=O) groups is 1. The molecule has 1 unspecified atom stereocenters. The highest BCUT2D eigenvalue weighted by Gasteiger charge is 2.22. The molecule has 1 heterocycles. The summed E-state index contributed by atoms with van der Waals surface area (Å²) >= 11 is 0. The van der Waals surface area contributed by atoms with Gasteiger partial charge in [-0.1, -0.05) is 32.3 Å². The van der Waals surface area contributed by atoms with Gasteiger partial charge in [-0.05, 0) is 19.3 Å². The summed E-state index contributed by atoms with van der Waals surface area (Å²) in [6, 6.07) is 0. The third kappa shape index (κ3) is 4.06. The summed E-state index contributed by atoms with van der Waals surface area (Å²) in [5.41, 5.74) is 1.17. The number of nitrogens with zero attached hydrogens (tertiary/aromatic N) is 1. The molecular weight excluding hydrogens is 244 g/mol. The van der Waals surface area contributed by atoms with Crippen LogP contribution in [0.25, 0.3) is 0 Å². The van der Waals surface area contributed by atoms with Gasteiger partial charge >= 0.3 is 0 Å². The SMILES string of the molecule is CCC(CCO)CNC(=O)c1c(C)noc1C(C)C. The second-order valence-electron chi connectivity index (χ2n) is 5.16. The van der Waals surface area contributed by atoms with Gasteiger partial charge in [-0.2, -0.15) is 0 Å². The normalized spacial score (nSPS) is 12.7. The lowest BCUT2D eigenvalue weighted by Gasteiger charge is -2.14. The number of aliphatic hydroxyl groups is 1. The van der Waals surface area contributed by atoms with E-state index in [0.29, 0.717) is 35.9 Å². The first-order valence-electron chi connectivity index (χ1n) is 6.86. The van der Waals surface area contributed by atoms with Gasteiger partial charge in [0.05, 0.1) is 5.69 Å². The smallest absolute Gasteiger partial charge is 0.256 e. The van der Waals surface area contributed by atoms with Gasteiger partial charge in [-0.3, -0.25) is 4.79 Å². The van der Waals surface area contributed by atoms with Gasteiger partial charge in [0.15, 0.2) is 5.76 Å². The number of hydrogen-bond donors (Lipinski definition) is 2. The third-order valence-electron chi connectivity index (χ3n) is 3.31. The zero-order valence-electron chi connectivity index (χ0n) is 12.2. The van der Waals surface area contributed by atoms with Crippen LogP contribution < -0.4 is 5.32 Å². The molecule has 108 valence electrons. The Labute approximate surface area is 114 Å². The molecule has 0 radical (unpaired) electrons. The van der Waals surface area contributed by atoms with Crippen molar-refractivity contribution in [3.05, 3.63) is 17.0 Å². The van der Waals surface area contributed by atoms with Gasteiger partial charge in [0.2, 0.25) is 0 Å². The fourth-order valence-corrected chi connectivity index (χ4v) is 2.02. The van der Waals surface area contributed by atoms with Gasteiger partial charge in [-0.25, -0.2) is 0 Å². The fraction of sp³-hybridized carbons (Fsp3) is 0.714. The molecule has 1 rings (SSSR count). The van der Waals surface area contributed by atoms with E-state index in [0.717, 1.165) is 6.42 Å². The molecule has 0 fully saturated rings. The van der Waals surface area contributed by atoms with Crippen LogP contribution in [0.2, 0.25) is 0 Å². The molecule has 2 N–H and O–H groups in total.